The summed E-state index contributed by atoms with van der Waals surface area (Å²) >= 11 is 1.84. The fourth-order valence-corrected chi connectivity index (χ4v) is 8.28. The van der Waals surface area contributed by atoms with Crippen molar-refractivity contribution in [1.82, 2.24) is 9.97 Å². The fraction of sp³-hybridized carbons (Fsp3) is 0. The molecular weight excluding hydrogens is 629 g/mol. The van der Waals surface area contributed by atoms with E-state index in [9.17, 15) is 0 Å². The van der Waals surface area contributed by atoms with Crippen LogP contribution in [-0.2, 0) is 0 Å². The van der Waals surface area contributed by atoms with E-state index in [1.807, 2.05) is 35.6 Å². The molecule has 7 aromatic carbocycles. The molecular formula is C46H28N2OS. The number of hydrogen-bond donors (Lipinski definition) is 0. The second-order valence-electron chi connectivity index (χ2n) is 12.5. The van der Waals surface area contributed by atoms with Gasteiger partial charge in [0.15, 0.2) is 5.82 Å². The van der Waals surface area contributed by atoms with Gasteiger partial charge in [-0.1, -0.05) is 146 Å². The minimum absolute atomic E-state index is 0.685. The molecule has 0 spiro atoms. The lowest BCUT2D eigenvalue weighted by molar-refractivity contribution is 0.670. The lowest BCUT2D eigenvalue weighted by Gasteiger charge is -2.10. The van der Waals surface area contributed by atoms with Crippen molar-refractivity contribution in [2.75, 3.05) is 0 Å². The van der Waals surface area contributed by atoms with E-state index in [2.05, 4.69) is 146 Å². The quantitative estimate of drug-likeness (QED) is 0.185. The summed E-state index contributed by atoms with van der Waals surface area (Å²) < 4.78 is 9.34. The van der Waals surface area contributed by atoms with Gasteiger partial charge < -0.3 is 4.42 Å². The second-order valence-corrected chi connectivity index (χ2v) is 13.6. The third kappa shape index (κ3) is 4.80. The van der Waals surface area contributed by atoms with Crippen LogP contribution in [-0.4, -0.2) is 9.97 Å². The maximum Gasteiger partial charge on any atom is 0.160 e. The van der Waals surface area contributed by atoms with Crippen LogP contribution < -0.4 is 0 Å². The number of aromatic nitrogens is 2. The van der Waals surface area contributed by atoms with Gasteiger partial charge in [-0.3, -0.25) is 0 Å². The zero-order valence-electron chi connectivity index (χ0n) is 26.9. The Bertz CT molecular complexity index is 2850. The second kappa shape index (κ2) is 11.7. The SMILES string of the molecule is c1ccc(-c2ccc(-c3nc(-c4ccccc4)cc(-c4ccc5c(c4)oc4c(-c6cccc7c6sc6ccccc67)cccc45)n3)cc2)cc1. The van der Waals surface area contributed by atoms with Crippen LogP contribution >= 0.6 is 11.3 Å². The largest absolute Gasteiger partial charge is 0.455 e. The highest BCUT2D eigenvalue weighted by molar-refractivity contribution is 7.26. The van der Waals surface area contributed by atoms with Gasteiger partial charge in [-0.15, -0.1) is 11.3 Å². The third-order valence-corrected chi connectivity index (χ3v) is 10.8. The van der Waals surface area contributed by atoms with Crippen LogP contribution in [0.1, 0.15) is 0 Å². The number of para-hydroxylation sites is 1. The van der Waals surface area contributed by atoms with Crippen molar-refractivity contribution in [3.05, 3.63) is 170 Å². The zero-order valence-corrected chi connectivity index (χ0v) is 27.7. The minimum atomic E-state index is 0.685. The molecule has 0 aliphatic rings. The molecule has 0 atom stereocenters. The highest BCUT2D eigenvalue weighted by Gasteiger charge is 2.18. The van der Waals surface area contributed by atoms with Crippen LogP contribution in [0.2, 0.25) is 0 Å². The highest BCUT2D eigenvalue weighted by Crippen LogP contribution is 2.44. The fourth-order valence-electron chi connectivity index (χ4n) is 7.05. The maximum atomic E-state index is 6.77. The number of rotatable bonds is 5. The summed E-state index contributed by atoms with van der Waals surface area (Å²) in [7, 11) is 0. The van der Waals surface area contributed by atoms with Crippen LogP contribution in [0.4, 0.5) is 0 Å². The van der Waals surface area contributed by atoms with Crippen LogP contribution in [0.15, 0.2) is 174 Å². The zero-order chi connectivity index (χ0) is 33.0. The molecule has 0 aliphatic carbocycles. The topological polar surface area (TPSA) is 38.9 Å². The molecule has 0 N–H and O–H groups in total. The van der Waals surface area contributed by atoms with E-state index in [0.717, 1.165) is 61.1 Å². The monoisotopic (exact) mass is 656 g/mol. The molecule has 0 saturated carbocycles. The molecule has 0 aliphatic heterocycles. The van der Waals surface area contributed by atoms with Gasteiger partial charge in [0.05, 0.1) is 11.4 Å². The van der Waals surface area contributed by atoms with E-state index in [0.29, 0.717) is 5.82 Å². The van der Waals surface area contributed by atoms with Gasteiger partial charge in [0.2, 0.25) is 0 Å². The van der Waals surface area contributed by atoms with Crippen LogP contribution in [0.5, 0.6) is 0 Å². The van der Waals surface area contributed by atoms with E-state index >= 15 is 0 Å². The van der Waals surface area contributed by atoms with Crippen LogP contribution in [0, 0.1) is 0 Å². The first-order valence-corrected chi connectivity index (χ1v) is 17.6. The summed E-state index contributed by atoms with van der Waals surface area (Å²) in [5.74, 6) is 0.685. The summed E-state index contributed by atoms with van der Waals surface area (Å²) in [6, 6.07) is 59.4. The summed E-state index contributed by atoms with van der Waals surface area (Å²) in [5, 5.41) is 4.76. The molecule has 4 heteroatoms. The molecule has 0 amide bonds. The minimum Gasteiger partial charge on any atom is -0.455 e. The number of benzene rings is 7. The lowest BCUT2D eigenvalue weighted by atomic mass is 10.00. The Morgan fingerprint density at radius 3 is 1.80 bits per heavy atom. The molecule has 0 saturated heterocycles. The van der Waals surface area contributed by atoms with Crippen molar-refractivity contribution in [1.29, 1.82) is 0 Å². The first-order chi connectivity index (χ1) is 24.8. The van der Waals surface area contributed by atoms with E-state index in [-0.39, 0.29) is 0 Å². The van der Waals surface area contributed by atoms with Gasteiger partial charge in [-0.2, -0.15) is 0 Å². The Morgan fingerprint density at radius 2 is 1.00 bits per heavy atom. The van der Waals surface area contributed by atoms with E-state index in [4.69, 9.17) is 14.4 Å². The number of hydrogen-bond acceptors (Lipinski definition) is 4. The summed E-state index contributed by atoms with van der Waals surface area (Å²) in [6.45, 7) is 0. The predicted octanol–water partition coefficient (Wildman–Crippen LogP) is 13.1. The highest BCUT2D eigenvalue weighted by atomic mass is 32.1. The number of nitrogens with zero attached hydrogens (tertiary/aromatic N) is 2. The summed E-state index contributed by atoms with van der Waals surface area (Å²) in [4.78, 5) is 10.2. The average Bonchev–Trinajstić information content (AvgIpc) is 3.77. The van der Waals surface area contributed by atoms with Crippen molar-refractivity contribution in [3.63, 3.8) is 0 Å². The molecule has 234 valence electrons. The number of fused-ring (bicyclic) bond motifs is 6. The van der Waals surface area contributed by atoms with Gasteiger partial charge in [0, 0.05) is 58.8 Å². The van der Waals surface area contributed by atoms with Crippen molar-refractivity contribution >= 4 is 53.4 Å². The van der Waals surface area contributed by atoms with E-state index in [1.165, 1.54) is 31.3 Å². The Morgan fingerprint density at radius 1 is 0.400 bits per heavy atom. The number of furan rings is 1. The molecule has 10 aromatic rings. The molecule has 0 unspecified atom stereocenters. The standard InChI is InChI=1S/C46H28N2OS/c1-3-11-29(12-4-1)30-21-23-32(24-22-30)46-47-40(31-13-5-2-6-14-31)28-41(48-46)33-25-26-34-36-16-9-17-37(44(36)49-42(34)27-33)39-19-10-18-38-35-15-7-8-20-43(35)50-45(38)39/h1-28H. The van der Waals surface area contributed by atoms with Crippen LogP contribution in [0.3, 0.4) is 0 Å². The Balaban J connectivity index is 1.11. The molecule has 3 heterocycles. The van der Waals surface area contributed by atoms with Crippen LogP contribution in [0.25, 0.3) is 98.3 Å². The van der Waals surface area contributed by atoms with Gasteiger partial charge in [0.1, 0.15) is 11.2 Å². The first-order valence-electron chi connectivity index (χ1n) is 16.7. The predicted molar refractivity (Wildman–Crippen MR) is 209 cm³/mol. The van der Waals surface area contributed by atoms with E-state index < -0.39 is 0 Å². The molecule has 0 fully saturated rings. The molecule has 0 radical (unpaired) electrons. The summed E-state index contributed by atoms with van der Waals surface area (Å²) in [6.07, 6.45) is 0. The number of thiophene rings is 1. The van der Waals surface area contributed by atoms with Crippen molar-refractivity contribution in [3.8, 4) is 56.2 Å². The molecule has 3 nitrogen and oxygen atoms in total. The smallest absolute Gasteiger partial charge is 0.160 e. The van der Waals surface area contributed by atoms with Gasteiger partial charge in [-0.25, -0.2) is 9.97 Å². The first kappa shape index (κ1) is 28.6. The molecule has 3 aromatic heterocycles. The summed E-state index contributed by atoms with van der Waals surface area (Å²) in [5.41, 5.74) is 11.1. The third-order valence-electron chi connectivity index (χ3n) is 9.53. The van der Waals surface area contributed by atoms with Gasteiger partial charge >= 0.3 is 0 Å². The van der Waals surface area contributed by atoms with Crippen molar-refractivity contribution in [2.45, 2.75) is 0 Å². The molecule has 50 heavy (non-hydrogen) atoms. The van der Waals surface area contributed by atoms with Crippen molar-refractivity contribution in [2.24, 2.45) is 0 Å². The van der Waals surface area contributed by atoms with Gasteiger partial charge in [-0.05, 0) is 35.4 Å². The normalized spacial score (nSPS) is 11.6. The van der Waals surface area contributed by atoms with Gasteiger partial charge in [0.25, 0.3) is 0 Å². The molecule has 10 rings (SSSR count). The Hall–Kier alpha value is -6.36. The lowest BCUT2D eigenvalue weighted by Crippen LogP contribution is -1.96. The Kier molecular flexibility index (Phi) is 6.68. The Labute approximate surface area is 292 Å². The average molecular weight is 657 g/mol. The molecule has 0 bridgehead atoms. The maximum absolute atomic E-state index is 6.77. The van der Waals surface area contributed by atoms with E-state index in [1.54, 1.807) is 0 Å². The van der Waals surface area contributed by atoms with Crippen molar-refractivity contribution < 1.29 is 4.42 Å².